The molecule has 0 saturated carbocycles. The van der Waals surface area contributed by atoms with Gasteiger partial charge >= 0.3 is 0 Å². The first-order valence-corrected chi connectivity index (χ1v) is 8.09. The molecule has 0 fully saturated rings. The lowest BCUT2D eigenvalue weighted by Crippen LogP contribution is -2.15. The van der Waals surface area contributed by atoms with Gasteiger partial charge in [0.15, 0.2) is 0 Å². The van der Waals surface area contributed by atoms with Gasteiger partial charge < -0.3 is 5.32 Å². The Hall–Kier alpha value is -1.51. The number of carbonyl (C=O) groups excluding carboxylic acids is 1. The molecule has 2 nitrogen and oxygen atoms in total. The summed E-state index contributed by atoms with van der Waals surface area (Å²) in [5.41, 5.74) is 2.70. The van der Waals surface area contributed by atoms with E-state index in [4.69, 9.17) is 23.2 Å². The summed E-state index contributed by atoms with van der Waals surface area (Å²) in [6.07, 6.45) is 1.25. The van der Waals surface area contributed by atoms with Gasteiger partial charge in [0.25, 0.3) is 0 Å². The van der Waals surface area contributed by atoms with Crippen molar-refractivity contribution in [3.8, 4) is 0 Å². The lowest BCUT2D eigenvalue weighted by atomic mass is 9.98. The van der Waals surface area contributed by atoms with Gasteiger partial charge in [-0.3, -0.25) is 4.79 Å². The summed E-state index contributed by atoms with van der Waals surface area (Å²) in [6, 6.07) is 13.2. The van der Waals surface area contributed by atoms with Crippen molar-refractivity contribution in [3.63, 3.8) is 0 Å². The Kier molecular flexibility index (Phi) is 5.87. The maximum Gasteiger partial charge on any atom is 0.228 e. The average molecular weight is 336 g/mol. The van der Waals surface area contributed by atoms with Gasteiger partial charge in [0, 0.05) is 15.7 Å². The molecule has 0 radical (unpaired) electrons. The normalized spacial score (nSPS) is 12.0. The quantitative estimate of drug-likeness (QED) is 0.747. The minimum absolute atomic E-state index is 0.133. The summed E-state index contributed by atoms with van der Waals surface area (Å²) in [5, 5.41) is 3.89. The molecule has 1 atom stereocenters. The van der Waals surface area contributed by atoms with Crippen molar-refractivity contribution >= 4 is 34.8 Å². The Morgan fingerprint density at radius 2 is 1.68 bits per heavy atom. The third-order valence-corrected chi connectivity index (χ3v) is 4.48. The highest BCUT2D eigenvalue weighted by molar-refractivity contribution is 6.36. The third-order valence-electron chi connectivity index (χ3n) is 3.77. The maximum atomic E-state index is 12.1. The molecular formula is C18H19Cl2NO. The van der Waals surface area contributed by atoms with E-state index >= 15 is 0 Å². The number of benzene rings is 2. The Morgan fingerprint density at radius 3 is 2.23 bits per heavy atom. The zero-order valence-corrected chi connectivity index (χ0v) is 14.2. The van der Waals surface area contributed by atoms with Crippen LogP contribution in [0.15, 0.2) is 42.5 Å². The van der Waals surface area contributed by atoms with E-state index in [-0.39, 0.29) is 12.3 Å². The van der Waals surface area contributed by atoms with E-state index in [0.717, 1.165) is 12.1 Å². The first kappa shape index (κ1) is 16.9. The molecule has 116 valence electrons. The van der Waals surface area contributed by atoms with Crippen LogP contribution in [0.4, 0.5) is 5.69 Å². The fourth-order valence-corrected chi connectivity index (χ4v) is 2.73. The van der Waals surface area contributed by atoms with Gasteiger partial charge in [-0.2, -0.15) is 0 Å². The lowest BCUT2D eigenvalue weighted by Gasteiger charge is -2.11. The molecule has 0 spiro atoms. The van der Waals surface area contributed by atoms with Crippen molar-refractivity contribution in [2.24, 2.45) is 0 Å². The molecular weight excluding hydrogens is 317 g/mol. The molecule has 0 unspecified atom stereocenters. The summed E-state index contributed by atoms with van der Waals surface area (Å²) < 4.78 is 0. The molecule has 0 saturated heterocycles. The highest BCUT2D eigenvalue weighted by atomic mass is 35.5. The zero-order valence-electron chi connectivity index (χ0n) is 12.7. The highest BCUT2D eigenvalue weighted by Crippen LogP contribution is 2.25. The predicted octanol–water partition coefficient (Wildman–Crippen LogP) is 5.69. The molecule has 4 heteroatoms. The van der Waals surface area contributed by atoms with E-state index in [1.165, 1.54) is 5.56 Å². The topological polar surface area (TPSA) is 29.1 Å². The van der Waals surface area contributed by atoms with Crippen LogP contribution in [0.5, 0.6) is 0 Å². The molecule has 0 bridgehead atoms. The second kappa shape index (κ2) is 7.66. The van der Waals surface area contributed by atoms with Crippen LogP contribution in [0.1, 0.15) is 37.3 Å². The molecule has 2 aromatic carbocycles. The molecule has 0 aliphatic carbocycles. The fourth-order valence-electron chi connectivity index (χ4n) is 2.20. The van der Waals surface area contributed by atoms with E-state index in [2.05, 4.69) is 19.2 Å². The lowest BCUT2D eigenvalue weighted by molar-refractivity contribution is -0.115. The van der Waals surface area contributed by atoms with Gasteiger partial charge in [-0.05, 0) is 47.7 Å². The molecule has 22 heavy (non-hydrogen) atoms. The van der Waals surface area contributed by atoms with Crippen LogP contribution in [0, 0.1) is 0 Å². The summed E-state index contributed by atoms with van der Waals surface area (Å²) >= 11 is 12.2. The molecule has 1 N–H and O–H groups in total. The number of rotatable bonds is 5. The summed E-state index contributed by atoms with van der Waals surface area (Å²) in [4.78, 5) is 12.1. The first-order chi connectivity index (χ1) is 10.5. The van der Waals surface area contributed by atoms with Crippen LogP contribution in [0.3, 0.4) is 0 Å². The Bertz CT molecular complexity index is 632. The number of anilines is 1. The van der Waals surface area contributed by atoms with Gasteiger partial charge in [-0.1, -0.05) is 55.2 Å². The van der Waals surface area contributed by atoms with Crippen LogP contribution in [0.25, 0.3) is 0 Å². The molecule has 2 aromatic rings. The molecule has 0 aromatic heterocycles. The van der Waals surface area contributed by atoms with Gasteiger partial charge in [0.2, 0.25) is 5.91 Å². The van der Waals surface area contributed by atoms with Crippen LogP contribution in [0.2, 0.25) is 10.0 Å². The molecule has 0 heterocycles. The molecule has 0 aliphatic heterocycles. The van der Waals surface area contributed by atoms with Gasteiger partial charge in [0.1, 0.15) is 0 Å². The summed E-state index contributed by atoms with van der Waals surface area (Å²) in [7, 11) is 0. The predicted molar refractivity (Wildman–Crippen MR) is 93.9 cm³/mol. The van der Waals surface area contributed by atoms with E-state index in [0.29, 0.717) is 21.5 Å². The summed E-state index contributed by atoms with van der Waals surface area (Å²) in [5.74, 6) is 0.387. The van der Waals surface area contributed by atoms with Gasteiger partial charge in [-0.15, -0.1) is 0 Å². The van der Waals surface area contributed by atoms with Crippen LogP contribution in [-0.4, -0.2) is 5.91 Å². The van der Waals surface area contributed by atoms with Gasteiger partial charge in [0.05, 0.1) is 6.42 Å². The Balaban J connectivity index is 2.03. The second-order valence-electron chi connectivity index (χ2n) is 5.36. The van der Waals surface area contributed by atoms with E-state index < -0.39 is 0 Å². The summed E-state index contributed by atoms with van der Waals surface area (Å²) in [6.45, 7) is 4.35. The van der Waals surface area contributed by atoms with Crippen LogP contribution < -0.4 is 5.32 Å². The average Bonchev–Trinajstić information content (AvgIpc) is 2.51. The second-order valence-corrected chi connectivity index (χ2v) is 6.17. The fraction of sp³-hybridized carbons (Fsp3) is 0.278. The van der Waals surface area contributed by atoms with Crippen molar-refractivity contribution in [3.05, 3.63) is 63.6 Å². The largest absolute Gasteiger partial charge is 0.326 e. The number of nitrogens with one attached hydrogen (secondary N) is 1. The number of halogens is 2. The Labute approximate surface area is 141 Å². The van der Waals surface area contributed by atoms with Crippen molar-refractivity contribution in [1.82, 2.24) is 0 Å². The highest BCUT2D eigenvalue weighted by Gasteiger charge is 2.11. The van der Waals surface area contributed by atoms with Crippen LogP contribution >= 0.6 is 23.2 Å². The number of hydrogen-bond donors (Lipinski definition) is 1. The first-order valence-electron chi connectivity index (χ1n) is 7.34. The van der Waals surface area contributed by atoms with Crippen molar-refractivity contribution in [1.29, 1.82) is 0 Å². The van der Waals surface area contributed by atoms with Gasteiger partial charge in [-0.25, -0.2) is 0 Å². The smallest absolute Gasteiger partial charge is 0.228 e. The maximum absolute atomic E-state index is 12.1. The minimum atomic E-state index is -0.133. The minimum Gasteiger partial charge on any atom is -0.326 e. The number of hydrogen-bond acceptors (Lipinski definition) is 1. The number of amides is 1. The van der Waals surface area contributed by atoms with Crippen molar-refractivity contribution < 1.29 is 4.79 Å². The Morgan fingerprint density at radius 1 is 1.09 bits per heavy atom. The standard InChI is InChI=1S/C18H19Cl2NO/c1-3-12(2)13-7-9-14(10-8-13)21-18(22)11-15-16(19)5-4-6-17(15)20/h4-10,12H,3,11H2,1-2H3,(H,21,22)/t12-/m1/s1. The monoisotopic (exact) mass is 335 g/mol. The van der Waals surface area contributed by atoms with E-state index in [1.54, 1.807) is 18.2 Å². The third kappa shape index (κ3) is 4.25. The SMILES string of the molecule is CC[C@@H](C)c1ccc(NC(=O)Cc2c(Cl)cccc2Cl)cc1. The van der Waals surface area contributed by atoms with Crippen LogP contribution in [-0.2, 0) is 11.2 Å². The van der Waals surface area contributed by atoms with E-state index in [1.807, 2.05) is 24.3 Å². The van der Waals surface area contributed by atoms with E-state index in [9.17, 15) is 4.79 Å². The molecule has 1 amide bonds. The van der Waals surface area contributed by atoms with Crippen molar-refractivity contribution in [2.45, 2.75) is 32.6 Å². The van der Waals surface area contributed by atoms with Crippen molar-refractivity contribution in [2.75, 3.05) is 5.32 Å². The molecule has 2 rings (SSSR count). The molecule has 0 aliphatic rings. The zero-order chi connectivity index (χ0) is 16.1. The number of carbonyl (C=O) groups is 1.